The summed E-state index contributed by atoms with van der Waals surface area (Å²) in [5.41, 5.74) is 1.96. The number of para-hydroxylation sites is 1. The van der Waals surface area contributed by atoms with Crippen LogP contribution >= 0.6 is 0 Å². The molecule has 176 valence electrons. The first-order valence-corrected chi connectivity index (χ1v) is 11.2. The van der Waals surface area contributed by atoms with Gasteiger partial charge in [0.15, 0.2) is 11.5 Å². The molecule has 0 N–H and O–H groups in total. The van der Waals surface area contributed by atoms with E-state index < -0.39 is 5.82 Å². The first kappa shape index (κ1) is 23.8. The maximum absolute atomic E-state index is 13.9. The summed E-state index contributed by atoms with van der Waals surface area (Å²) < 4.78 is 31.5. The summed E-state index contributed by atoms with van der Waals surface area (Å²) >= 11 is 0. The second-order valence-corrected chi connectivity index (χ2v) is 8.42. The molecule has 1 heterocycles. The van der Waals surface area contributed by atoms with Crippen molar-refractivity contribution in [2.75, 3.05) is 13.7 Å². The Morgan fingerprint density at radius 3 is 2.54 bits per heavy atom. The molecule has 0 fully saturated rings. The molecule has 0 bridgehead atoms. The van der Waals surface area contributed by atoms with Gasteiger partial charge in [0.2, 0.25) is 5.43 Å². The van der Waals surface area contributed by atoms with Gasteiger partial charge >= 0.3 is 0 Å². The molecule has 0 unspecified atom stereocenters. The van der Waals surface area contributed by atoms with Crippen molar-refractivity contribution >= 4 is 23.1 Å². The predicted molar refractivity (Wildman–Crippen MR) is 135 cm³/mol. The lowest BCUT2D eigenvalue weighted by Gasteiger charge is -2.15. The number of fused-ring (bicyclic) bond motifs is 1. The van der Waals surface area contributed by atoms with Gasteiger partial charge in [-0.1, -0.05) is 38.1 Å². The van der Waals surface area contributed by atoms with Crippen molar-refractivity contribution in [3.63, 3.8) is 0 Å². The molecule has 0 radical (unpaired) electrons. The van der Waals surface area contributed by atoms with Gasteiger partial charge in [-0.2, -0.15) is 5.26 Å². The molecule has 4 aromatic rings. The van der Waals surface area contributed by atoms with Crippen molar-refractivity contribution in [2.24, 2.45) is 5.92 Å². The Morgan fingerprint density at radius 2 is 1.86 bits per heavy atom. The number of hydrogen-bond acceptors (Lipinski definition) is 5. The van der Waals surface area contributed by atoms with E-state index in [1.807, 2.05) is 18.2 Å². The summed E-state index contributed by atoms with van der Waals surface area (Å²) in [6, 6.07) is 18.1. The van der Waals surface area contributed by atoms with Crippen molar-refractivity contribution in [3.05, 3.63) is 93.6 Å². The lowest BCUT2D eigenvalue weighted by atomic mass is 10.00. The lowest BCUT2D eigenvalue weighted by Crippen LogP contribution is -2.08. The van der Waals surface area contributed by atoms with Crippen LogP contribution in [0.4, 0.5) is 4.39 Å². The summed E-state index contributed by atoms with van der Waals surface area (Å²) in [6.07, 6.45) is 3.48. The molecule has 35 heavy (non-hydrogen) atoms. The second-order valence-electron chi connectivity index (χ2n) is 8.42. The summed E-state index contributed by atoms with van der Waals surface area (Å²) in [5, 5.41) is 9.27. The van der Waals surface area contributed by atoms with Crippen molar-refractivity contribution < 1.29 is 18.3 Å². The monoisotopic (exact) mass is 469 g/mol. The molecule has 0 saturated heterocycles. The fraction of sp³-hybridized carbons (Fsp3) is 0.172. The van der Waals surface area contributed by atoms with Crippen LogP contribution in [0, 0.1) is 23.1 Å². The topological polar surface area (TPSA) is 72.5 Å². The van der Waals surface area contributed by atoms with Crippen LogP contribution in [-0.2, 0) is 0 Å². The third kappa shape index (κ3) is 5.10. The van der Waals surface area contributed by atoms with E-state index in [4.69, 9.17) is 19.2 Å². The molecule has 0 aliphatic rings. The summed E-state index contributed by atoms with van der Waals surface area (Å²) in [4.78, 5) is 13.4. The number of nitriles is 1. The van der Waals surface area contributed by atoms with Gasteiger partial charge in [-0.3, -0.25) is 4.79 Å². The van der Waals surface area contributed by atoms with Crippen LogP contribution in [0.25, 0.3) is 34.2 Å². The van der Waals surface area contributed by atoms with Gasteiger partial charge in [-0.25, -0.2) is 4.39 Å². The molecular weight excluding hydrogens is 445 g/mol. The minimum Gasteiger partial charge on any atom is -0.493 e. The molecule has 0 atom stereocenters. The van der Waals surface area contributed by atoms with Crippen molar-refractivity contribution in [1.29, 1.82) is 5.26 Å². The Bertz CT molecular complexity index is 1490. The van der Waals surface area contributed by atoms with Crippen LogP contribution in [0.5, 0.6) is 11.5 Å². The van der Waals surface area contributed by atoms with Crippen LogP contribution in [0.1, 0.15) is 30.7 Å². The maximum Gasteiger partial charge on any atom is 0.201 e. The SMILES string of the molecule is COc1cccc(C=Cc2oc3ccc(F)cc3c(=O)c2-c2ccc(C#N)cc2)c1OCC(C)C. The van der Waals surface area contributed by atoms with Crippen LogP contribution < -0.4 is 14.9 Å². The Labute approximate surface area is 202 Å². The minimum absolute atomic E-state index is 0.142. The highest BCUT2D eigenvalue weighted by molar-refractivity contribution is 5.87. The molecule has 3 aromatic carbocycles. The van der Waals surface area contributed by atoms with E-state index in [1.54, 1.807) is 43.5 Å². The number of nitrogens with zero attached hydrogens (tertiary/aromatic N) is 1. The fourth-order valence-electron chi connectivity index (χ4n) is 3.68. The molecule has 0 aliphatic heterocycles. The third-order valence-corrected chi connectivity index (χ3v) is 5.39. The number of benzene rings is 3. The van der Waals surface area contributed by atoms with E-state index in [0.717, 1.165) is 5.56 Å². The maximum atomic E-state index is 13.9. The standard InChI is InChI=1S/C29H24FNO4/c1-18(2)17-34-29-21(5-4-6-26(29)33-3)11-13-25-27(20-9-7-19(16-31)8-10-20)28(32)23-15-22(30)12-14-24(23)35-25/h4-15,18H,17H2,1-3H3. The molecule has 6 heteroatoms. The van der Waals surface area contributed by atoms with E-state index >= 15 is 0 Å². The van der Waals surface area contributed by atoms with E-state index in [2.05, 4.69) is 19.9 Å². The van der Waals surface area contributed by atoms with Crippen molar-refractivity contribution in [3.8, 4) is 28.7 Å². The smallest absolute Gasteiger partial charge is 0.201 e. The van der Waals surface area contributed by atoms with E-state index in [0.29, 0.717) is 40.9 Å². The lowest BCUT2D eigenvalue weighted by molar-refractivity contribution is 0.256. The summed E-state index contributed by atoms with van der Waals surface area (Å²) in [6.45, 7) is 4.62. The molecule has 0 amide bonds. The molecule has 4 rings (SSSR count). The van der Waals surface area contributed by atoms with Gasteiger partial charge in [0.1, 0.15) is 17.2 Å². The number of methoxy groups -OCH3 is 1. The highest BCUT2D eigenvalue weighted by Gasteiger charge is 2.16. The van der Waals surface area contributed by atoms with Crippen molar-refractivity contribution in [1.82, 2.24) is 0 Å². The molecule has 0 aliphatic carbocycles. The second kappa shape index (κ2) is 10.3. The van der Waals surface area contributed by atoms with Gasteiger partial charge in [0, 0.05) is 5.56 Å². The molecule has 0 saturated carbocycles. The zero-order valence-electron chi connectivity index (χ0n) is 19.7. The van der Waals surface area contributed by atoms with Gasteiger partial charge in [0.25, 0.3) is 0 Å². The molecule has 0 spiro atoms. The third-order valence-electron chi connectivity index (χ3n) is 5.39. The van der Waals surface area contributed by atoms with Gasteiger partial charge in [-0.15, -0.1) is 0 Å². The number of hydrogen-bond donors (Lipinski definition) is 0. The first-order chi connectivity index (χ1) is 16.9. The Morgan fingerprint density at radius 1 is 1.09 bits per heavy atom. The Kier molecular flexibility index (Phi) is 6.98. The van der Waals surface area contributed by atoms with Crippen molar-refractivity contribution in [2.45, 2.75) is 13.8 Å². The van der Waals surface area contributed by atoms with E-state index in [1.165, 1.54) is 18.2 Å². The average molecular weight is 470 g/mol. The summed E-state index contributed by atoms with van der Waals surface area (Å²) in [5.74, 6) is 1.28. The minimum atomic E-state index is -0.526. The van der Waals surface area contributed by atoms with Crippen LogP contribution in [-0.4, -0.2) is 13.7 Å². The number of ether oxygens (including phenoxy) is 2. The van der Waals surface area contributed by atoms with Gasteiger partial charge < -0.3 is 13.9 Å². The average Bonchev–Trinajstić information content (AvgIpc) is 2.86. The van der Waals surface area contributed by atoms with Gasteiger partial charge in [-0.05, 0) is 60.0 Å². The predicted octanol–water partition coefficient (Wildman–Crippen LogP) is 6.68. The molecule has 1 aromatic heterocycles. The summed E-state index contributed by atoms with van der Waals surface area (Å²) in [7, 11) is 1.58. The molecule has 5 nitrogen and oxygen atoms in total. The quantitative estimate of drug-likeness (QED) is 0.302. The Balaban J connectivity index is 1.89. The zero-order chi connectivity index (χ0) is 24.9. The van der Waals surface area contributed by atoms with E-state index in [9.17, 15) is 9.18 Å². The number of rotatable bonds is 7. The zero-order valence-corrected chi connectivity index (χ0v) is 19.7. The Hall–Kier alpha value is -4.37. The molecular formula is C29H24FNO4. The van der Waals surface area contributed by atoms with Gasteiger partial charge in [0.05, 0.1) is 36.3 Å². The van der Waals surface area contributed by atoms with E-state index in [-0.39, 0.29) is 22.0 Å². The highest BCUT2D eigenvalue weighted by Crippen LogP contribution is 2.34. The first-order valence-electron chi connectivity index (χ1n) is 11.2. The van der Waals surface area contributed by atoms with Crippen LogP contribution in [0.15, 0.2) is 69.9 Å². The largest absolute Gasteiger partial charge is 0.493 e. The van der Waals surface area contributed by atoms with Crippen LogP contribution in [0.3, 0.4) is 0 Å². The fourth-order valence-corrected chi connectivity index (χ4v) is 3.68. The normalized spacial score (nSPS) is 11.2. The van der Waals surface area contributed by atoms with Crippen LogP contribution in [0.2, 0.25) is 0 Å². The highest BCUT2D eigenvalue weighted by atomic mass is 19.1. The number of halogens is 1.